The lowest BCUT2D eigenvalue weighted by molar-refractivity contribution is -0.0578. The number of benzene rings is 1. The highest BCUT2D eigenvalue weighted by Gasteiger charge is 2.41. The third-order valence-corrected chi connectivity index (χ3v) is 3.84. The number of nitrogens with zero attached hydrogens (tertiary/aromatic N) is 2. The molecule has 1 aromatic rings. The van der Waals surface area contributed by atoms with E-state index >= 15 is 0 Å². The van der Waals surface area contributed by atoms with Gasteiger partial charge in [-0.3, -0.25) is 0 Å². The van der Waals surface area contributed by atoms with Gasteiger partial charge in [-0.25, -0.2) is 0 Å². The molecule has 0 radical (unpaired) electrons. The summed E-state index contributed by atoms with van der Waals surface area (Å²) in [4.78, 5) is 8.11. The number of hydrogen-bond donors (Lipinski definition) is 0. The summed E-state index contributed by atoms with van der Waals surface area (Å²) in [6, 6.07) is 10.4. The van der Waals surface area contributed by atoms with E-state index in [0.717, 1.165) is 38.1 Å². The van der Waals surface area contributed by atoms with Crippen molar-refractivity contribution in [1.29, 1.82) is 0 Å². The van der Waals surface area contributed by atoms with E-state index in [1.54, 1.807) is 0 Å². The molecule has 104 valence electrons. The van der Waals surface area contributed by atoms with Crippen molar-refractivity contribution >= 4 is 5.71 Å². The smallest absolute Gasteiger partial charge is 0.145 e. The second-order valence-electron chi connectivity index (χ2n) is 5.16. The van der Waals surface area contributed by atoms with Gasteiger partial charge in [0.25, 0.3) is 0 Å². The predicted molar refractivity (Wildman–Crippen MR) is 79.5 cm³/mol. The SMILES string of the molecule is CC.CN1CCC2(CC1)CC(c1ccccc1)=NO2. The van der Waals surface area contributed by atoms with Crippen molar-refractivity contribution in [3.8, 4) is 0 Å². The first-order chi connectivity index (χ1) is 9.27. The third kappa shape index (κ3) is 3.16. The highest BCUT2D eigenvalue weighted by Crippen LogP contribution is 2.35. The Bertz CT molecular complexity index is 420. The lowest BCUT2D eigenvalue weighted by Gasteiger charge is -2.35. The Labute approximate surface area is 116 Å². The van der Waals surface area contributed by atoms with Gasteiger partial charge in [0.05, 0.1) is 5.71 Å². The molecule has 0 N–H and O–H groups in total. The van der Waals surface area contributed by atoms with Crippen LogP contribution in [0.4, 0.5) is 0 Å². The minimum absolute atomic E-state index is 0.0162. The molecule has 1 fully saturated rings. The molecule has 2 aliphatic rings. The fourth-order valence-corrected chi connectivity index (χ4v) is 2.60. The van der Waals surface area contributed by atoms with Gasteiger partial charge in [0.15, 0.2) is 0 Å². The summed E-state index contributed by atoms with van der Waals surface area (Å²) < 4.78 is 0. The molecule has 0 amide bonds. The van der Waals surface area contributed by atoms with Crippen LogP contribution in [0.2, 0.25) is 0 Å². The predicted octanol–water partition coefficient (Wildman–Crippen LogP) is 3.30. The Morgan fingerprint density at radius 3 is 2.37 bits per heavy atom. The highest BCUT2D eigenvalue weighted by atomic mass is 16.7. The lowest BCUT2D eigenvalue weighted by Crippen LogP contribution is -2.42. The first-order valence-electron chi connectivity index (χ1n) is 7.26. The average Bonchev–Trinajstić information content (AvgIpc) is 2.90. The van der Waals surface area contributed by atoms with Gasteiger partial charge in [-0.05, 0) is 12.6 Å². The molecular weight excluding hydrogens is 236 g/mol. The first kappa shape index (κ1) is 14.1. The standard InChI is InChI=1S/C14H18N2O.C2H6/c1-16-9-7-14(8-10-16)11-13(15-17-14)12-5-3-2-4-6-12;1-2/h2-6H,7-11H2,1H3;1-2H3. The van der Waals surface area contributed by atoms with Crippen molar-refractivity contribution in [2.24, 2.45) is 5.16 Å². The number of likely N-dealkylation sites (tertiary alicyclic amines) is 1. The van der Waals surface area contributed by atoms with Gasteiger partial charge in [-0.2, -0.15) is 0 Å². The van der Waals surface area contributed by atoms with Crippen LogP contribution in [0.1, 0.15) is 38.7 Å². The van der Waals surface area contributed by atoms with E-state index in [1.165, 1.54) is 5.56 Å². The van der Waals surface area contributed by atoms with E-state index in [0.29, 0.717) is 0 Å². The molecule has 0 atom stereocenters. The molecule has 3 heteroatoms. The summed E-state index contributed by atoms with van der Waals surface area (Å²) in [7, 11) is 2.17. The normalized spacial score (nSPS) is 21.3. The van der Waals surface area contributed by atoms with Gasteiger partial charge < -0.3 is 9.74 Å². The monoisotopic (exact) mass is 260 g/mol. The second-order valence-corrected chi connectivity index (χ2v) is 5.16. The first-order valence-corrected chi connectivity index (χ1v) is 7.26. The van der Waals surface area contributed by atoms with Crippen LogP contribution in [-0.2, 0) is 4.84 Å². The molecule has 0 bridgehead atoms. The van der Waals surface area contributed by atoms with Gasteiger partial charge >= 0.3 is 0 Å². The summed E-state index contributed by atoms with van der Waals surface area (Å²) in [5.41, 5.74) is 2.29. The molecule has 0 aliphatic carbocycles. The summed E-state index contributed by atoms with van der Waals surface area (Å²) >= 11 is 0. The maximum Gasteiger partial charge on any atom is 0.145 e. The zero-order valence-corrected chi connectivity index (χ0v) is 12.2. The minimum Gasteiger partial charge on any atom is -0.388 e. The quantitative estimate of drug-likeness (QED) is 0.774. The van der Waals surface area contributed by atoms with Crippen LogP contribution < -0.4 is 0 Å². The van der Waals surface area contributed by atoms with Gasteiger partial charge in [-0.1, -0.05) is 49.3 Å². The summed E-state index contributed by atoms with van der Waals surface area (Å²) in [5, 5.41) is 4.31. The van der Waals surface area contributed by atoms with Gasteiger partial charge in [-0.15, -0.1) is 0 Å². The minimum atomic E-state index is -0.0162. The maximum atomic E-state index is 5.76. The molecule has 0 unspecified atom stereocenters. The van der Waals surface area contributed by atoms with Crippen molar-refractivity contribution in [3.05, 3.63) is 35.9 Å². The third-order valence-electron chi connectivity index (χ3n) is 3.84. The van der Waals surface area contributed by atoms with Crippen molar-refractivity contribution in [2.75, 3.05) is 20.1 Å². The molecule has 1 aromatic carbocycles. The van der Waals surface area contributed by atoms with Crippen LogP contribution in [0, 0.1) is 0 Å². The summed E-state index contributed by atoms with van der Waals surface area (Å²) in [6.45, 7) is 6.22. The highest BCUT2D eigenvalue weighted by molar-refractivity contribution is 6.01. The van der Waals surface area contributed by atoms with Gasteiger partial charge in [0.2, 0.25) is 0 Å². The largest absolute Gasteiger partial charge is 0.388 e. The number of oxime groups is 1. The van der Waals surface area contributed by atoms with E-state index < -0.39 is 0 Å². The fraction of sp³-hybridized carbons (Fsp3) is 0.562. The van der Waals surface area contributed by atoms with Crippen LogP contribution in [0.3, 0.4) is 0 Å². The van der Waals surface area contributed by atoms with E-state index in [4.69, 9.17) is 4.84 Å². The maximum absolute atomic E-state index is 5.76. The zero-order valence-electron chi connectivity index (χ0n) is 12.2. The van der Waals surface area contributed by atoms with Crippen molar-refractivity contribution < 1.29 is 4.84 Å². The van der Waals surface area contributed by atoms with E-state index in [-0.39, 0.29) is 5.60 Å². The molecule has 2 heterocycles. The topological polar surface area (TPSA) is 24.8 Å². The van der Waals surface area contributed by atoms with E-state index in [2.05, 4.69) is 41.4 Å². The van der Waals surface area contributed by atoms with Crippen LogP contribution in [0.15, 0.2) is 35.5 Å². The molecule has 0 saturated carbocycles. The average molecular weight is 260 g/mol. The summed E-state index contributed by atoms with van der Waals surface area (Å²) in [5.74, 6) is 0. The molecule has 3 rings (SSSR count). The Hall–Kier alpha value is -1.35. The number of piperidine rings is 1. The van der Waals surface area contributed by atoms with Crippen molar-refractivity contribution in [1.82, 2.24) is 4.90 Å². The van der Waals surface area contributed by atoms with Crippen LogP contribution in [0.5, 0.6) is 0 Å². The van der Waals surface area contributed by atoms with Crippen LogP contribution in [0.25, 0.3) is 0 Å². The fourth-order valence-electron chi connectivity index (χ4n) is 2.60. The molecule has 2 aliphatic heterocycles. The van der Waals surface area contributed by atoms with E-state index in [9.17, 15) is 0 Å². The second kappa shape index (κ2) is 6.20. The van der Waals surface area contributed by atoms with Crippen molar-refractivity contribution in [2.45, 2.75) is 38.7 Å². The molecular formula is C16H24N2O. The molecule has 1 saturated heterocycles. The Kier molecular flexibility index (Phi) is 4.59. The lowest BCUT2D eigenvalue weighted by atomic mass is 9.86. The Morgan fingerprint density at radius 2 is 1.74 bits per heavy atom. The molecule has 1 spiro atoms. The zero-order chi connectivity index (χ0) is 13.7. The molecule has 19 heavy (non-hydrogen) atoms. The summed E-state index contributed by atoms with van der Waals surface area (Å²) in [6.07, 6.45) is 3.14. The number of hydrogen-bond acceptors (Lipinski definition) is 3. The Balaban J connectivity index is 0.000000637. The van der Waals surface area contributed by atoms with E-state index in [1.807, 2.05) is 19.9 Å². The van der Waals surface area contributed by atoms with Crippen LogP contribution >= 0.6 is 0 Å². The van der Waals surface area contributed by atoms with Crippen molar-refractivity contribution in [3.63, 3.8) is 0 Å². The van der Waals surface area contributed by atoms with Crippen LogP contribution in [-0.4, -0.2) is 36.3 Å². The molecule has 3 nitrogen and oxygen atoms in total. The molecule has 0 aromatic heterocycles. The number of rotatable bonds is 1. The van der Waals surface area contributed by atoms with Gasteiger partial charge in [0, 0.05) is 32.4 Å². The Morgan fingerprint density at radius 1 is 1.11 bits per heavy atom. The van der Waals surface area contributed by atoms with Gasteiger partial charge in [0.1, 0.15) is 5.60 Å².